The number of benzene rings is 2. The number of carbonyl (C=O) groups excluding carboxylic acids is 1. The number of hydrogen-bond acceptors (Lipinski definition) is 5. The van der Waals surface area contributed by atoms with Gasteiger partial charge in [0.25, 0.3) is 10.1 Å². The van der Waals surface area contributed by atoms with Crippen LogP contribution in [0.3, 0.4) is 0 Å². The van der Waals surface area contributed by atoms with Gasteiger partial charge in [0.2, 0.25) is 0 Å². The first-order valence-electron chi connectivity index (χ1n) is 9.02. The molecule has 0 aliphatic heterocycles. The van der Waals surface area contributed by atoms with Gasteiger partial charge >= 0.3 is 5.97 Å². The minimum absolute atomic E-state index is 0.0666. The molecular formula is C22H29NO5S. The van der Waals surface area contributed by atoms with Crippen molar-refractivity contribution in [2.45, 2.75) is 51.2 Å². The molecule has 0 bridgehead atoms. The molecule has 0 saturated carbocycles. The largest absolute Gasteiger partial charge is 0.454 e. The highest BCUT2D eigenvalue weighted by Crippen LogP contribution is 2.28. The lowest BCUT2D eigenvalue weighted by Gasteiger charge is -2.25. The highest BCUT2D eigenvalue weighted by Gasteiger charge is 2.22. The lowest BCUT2D eigenvalue weighted by molar-refractivity contribution is -0.143. The summed E-state index contributed by atoms with van der Waals surface area (Å²) in [6.07, 6.45) is -0.340. The molecule has 29 heavy (non-hydrogen) atoms. The Balaban J connectivity index is 0.000000326. The molecule has 0 fully saturated rings. The second-order valence-corrected chi connectivity index (χ2v) is 8.85. The van der Waals surface area contributed by atoms with Crippen molar-refractivity contribution < 1.29 is 22.5 Å². The second kappa shape index (κ2) is 9.82. The summed E-state index contributed by atoms with van der Waals surface area (Å²) in [7, 11) is -4.02. The van der Waals surface area contributed by atoms with Crippen molar-refractivity contribution in [3.05, 3.63) is 77.4 Å². The number of rotatable bonds is 5. The standard InChI is InChI=1S/C15H21NO2.C7H8O3S/c1-10(2)14(17)18-11(3)12-8-6-7-9-13(12)15(4,5)16;1-6-2-4-7(5-3-6)11(8,9)10/h6-9,11H,1,16H2,2-5H3;2-5H,1H3,(H,8,9,10). The zero-order valence-corrected chi connectivity index (χ0v) is 18.3. The van der Waals surface area contributed by atoms with E-state index in [4.69, 9.17) is 15.0 Å². The van der Waals surface area contributed by atoms with Crippen LogP contribution in [0.4, 0.5) is 0 Å². The lowest BCUT2D eigenvalue weighted by Crippen LogP contribution is -2.30. The molecule has 1 atom stereocenters. The summed E-state index contributed by atoms with van der Waals surface area (Å²) in [5.74, 6) is -0.382. The molecule has 0 aromatic heterocycles. The first-order valence-corrected chi connectivity index (χ1v) is 10.5. The van der Waals surface area contributed by atoms with E-state index in [1.165, 1.54) is 12.1 Å². The van der Waals surface area contributed by atoms with E-state index >= 15 is 0 Å². The number of hydrogen-bond donors (Lipinski definition) is 2. The smallest absolute Gasteiger partial charge is 0.333 e. The van der Waals surface area contributed by atoms with Crippen LogP contribution in [0.15, 0.2) is 65.6 Å². The number of nitrogens with two attached hydrogens (primary N) is 1. The molecule has 3 N–H and O–H groups in total. The SMILES string of the molecule is C=C(C)C(=O)OC(C)c1ccccc1C(C)(C)N.Cc1ccc(S(=O)(=O)O)cc1. The highest BCUT2D eigenvalue weighted by molar-refractivity contribution is 7.85. The Morgan fingerprint density at radius 1 is 1.14 bits per heavy atom. The molecule has 0 aliphatic carbocycles. The molecule has 158 valence electrons. The summed E-state index contributed by atoms with van der Waals surface area (Å²) in [6.45, 7) is 12.7. The van der Waals surface area contributed by atoms with Crippen LogP contribution < -0.4 is 5.73 Å². The Labute approximate surface area is 173 Å². The van der Waals surface area contributed by atoms with Gasteiger partial charge in [-0.15, -0.1) is 0 Å². The van der Waals surface area contributed by atoms with E-state index in [0.717, 1.165) is 16.7 Å². The van der Waals surface area contributed by atoms with Crippen molar-refractivity contribution in [3.63, 3.8) is 0 Å². The summed E-state index contributed by atoms with van der Waals surface area (Å²) in [6, 6.07) is 13.7. The van der Waals surface area contributed by atoms with Crippen LogP contribution >= 0.6 is 0 Å². The summed E-state index contributed by atoms with van der Waals surface area (Å²) < 4.78 is 34.9. The van der Waals surface area contributed by atoms with Gasteiger partial charge < -0.3 is 10.5 Å². The molecule has 0 radical (unpaired) electrons. The van der Waals surface area contributed by atoms with Crippen LogP contribution in [-0.4, -0.2) is 18.9 Å². The van der Waals surface area contributed by atoms with Crippen molar-refractivity contribution in [2.75, 3.05) is 0 Å². The minimum Gasteiger partial charge on any atom is -0.454 e. The van der Waals surface area contributed by atoms with Crippen molar-refractivity contribution in [3.8, 4) is 0 Å². The van der Waals surface area contributed by atoms with Crippen LogP contribution in [0, 0.1) is 6.92 Å². The second-order valence-electron chi connectivity index (χ2n) is 7.42. The van der Waals surface area contributed by atoms with E-state index in [1.54, 1.807) is 19.1 Å². The van der Waals surface area contributed by atoms with Crippen molar-refractivity contribution in [1.82, 2.24) is 0 Å². The van der Waals surface area contributed by atoms with Gasteiger partial charge in [-0.25, -0.2) is 4.79 Å². The fourth-order valence-electron chi connectivity index (χ4n) is 2.47. The maximum absolute atomic E-state index is 11.5. The monoisotopic (exact) mass is 419 g/mol. The van der Waals surface area contributed by atoms with E-state index in [0.29, 0.717) is 5.57 Å². The number of esters is 1. The number of carbonyl (C=O) groups is 1. The third-order valence-corrected chi connectivity index (χ3v) is 4.91. The van der Waals surface area contributed by atoms with Gasteiger partial charge in [-0.2, -0.15) is 8.42 Å². The fraction of sp³-hybridized carbons (Fsp3) is 0.318. The molecule has 0 amide bonds. The number of ether oxygens (including phenoxy) is 1. The average molecular weight is 420 g/mol. The average Bonchev–Trinajstić information content (AvgIpc) is 2.61. The molecule has 2 rings (SSSR count). The summed E-state index contributed by atoms with van der Waals surface area (Å²) in [5, 5.41) is 0. The predicted octanol–water partition coefficient (Wildman–Crippen LogP) is 4.30. The van der Waals surface area contributed by atoms with E-state index in [1.807, 2.05) is 52.0 Å². The molecule has 2 aromatic carbocycles. The first kappa shape index (κ1) is 24.6. The van der Waals surface area contributed by atoms with E-state index < -0.39 is 15.7 Å². The van der Waals surface area contributed by atoms with Crippen molar-refractivity contribution in [2.24, 2.45) is 5.73 Å². The van der Waals surface area contributed by atoms with Gasteiger partial charge in [-0.05, 0) is 57.9 Å². The maximum atomic E-state index is 11.5. The van der Waals surface area contributed by atoms with Crippen LogP contribution in [0.1, 0.15) is 50.5 Å². The molecule has 2 aromatic rings. The van der Waals surface area contributed by atoms with Gasteiger partial charge in [-0.1, -0.05) is 48.5 Å². The number of aryl methyl sites for hydroxylation is 1. The Kier molecular flexibility index (Phi) is 8.32. The zero-order valence-electron chi connectivity index (χ0n) is 17.5. The first-order chi connectivity index (χ1) is 13.2. The Bertz CT molecular complexity index is 957. The molecular weight excluding hydrogens is 390 g/mol. The molecule has 0 spiro atoms. The molecule has 7 heteroatoms. The fourth-order valence-corrected chi connectivity index (χ4v) is 2.95. The van der Waals surface area contributed by atoms with Gasteiger partial charge in [0, 0.05) is 11.1 Å². The van der Waals surface area contributed by atoms with Crippen LogP contribution in [0.5, 0.6) is 0 Å². The quantitative estimate of drug-likeness (QED) is 0.425. The van der Waals surface area contributed by atoms with Gasteiger partial charge in [0.05, 0.1) is 4.90 Å². The molecule has 0 heterocycles. The molecule has 0 saturated heterocycles. The minimum atomic E-state index is -4.02. The summed E-state index contributed by atoms with van der Waals surface area (Å²) >= 11 is 0. The Hall–Kier alpha value is -2.48. The van der Waals surface area contributed by atoms with E-state index in [9.17, 15) is 13.2 Å². The van der Waals surface area contributed by atoms with Gasteiger partial charge in [0.1, 0.15) is 6.10 Å². The zero-order chi connectivity index (χ0) is 22.4. The van der Waals surface area contributed by atoms with Crippen molar-refractivity contribution in [1.29, 1.82) is 0 Å². The predicted molar refractivity (Wildman–Crippen MR) is 114 cm³/mol. The normalized spacial score (nSPS) is 12.4. The van der Waals surface area contributed by atoms with Crippen molar-refractivity contribution >= 4 is 16.1 Å². The maximum Gasteiger partial charge on any atom is 0.333 e. The van der Waals surface area contributed by atoms with Crippen LogP contribution in [0.2, 0.25) is 0 Å². The third kappa shape index (κ3) is 7.81. The summed E-state index contributed by atoms with van der Waals surface area (Å²) in [5.41, 5.74) is 8.92. The van der Waals surface area contributed by atoms with E-state index in [-0.39, 0.29) is 17.0 Å². The summed E-state index contributed by atoms with van der Waals surface area (Å²) in [4.78, 5) is 11.5. The topological polar surface area (TPSA) is 107 Å². The van der Waals surface area contributed by atoms with Crippen LogP contribution in [0.25, 0.3) is 0 Å². The molecule has 0 aliphatic rings. The third-order valence-electron chi connectivity index (χ3n) is 4.04. The lowest BCUT2D eigenvalue weighted by atomic mass is 9.89. The van der Waals surface area contributed by atoms with E-state index in [2.05, 4.69) is 6.58 Å². The Morgan fingerprint density at radius 2 is 1.66 bits per heavy atom. The Morgan fingerprint density at radius 3 is 2.10 bits per heavy atom. The highest BCUT2D eigenvalue weighted by atomic mass is 32.2. The van der Waals surface area contributed by atoms with Crippen LogP contribution in [-0.2, 0) is 25.2 Å². The molecule has 6 nitrogen and oxygen atoms in total. The molecule has 1 unspecified atom stereocenters. The van der Waals surface area contributed by atoms with Gasteiger partial charge in [0.15, 0.2) is 0 Å². The van der Waals surface area contributed by atoms with Gasteiger partial charge in [-0.3, -0.25) is 4.55 Å².